The quantitative estimate of drug-likeness (QED) is 0.866. The summed E-state index contributed by atoms with van der Waals surface area (Å²) in [5.74, 6) is -0.0196. The molecule has 0 N–H and O–H groups in total. The van der Waals surface area contributed by atoms with Gasteiger partial charge in [0.25, 0.3) is 5.56 Å². The maximum atomic E-state index is 12.7. The van der Waals surface area contributed by atoms with Gasteiger partial charge in [-0.25, -0.2) is 0 Å². The van der Waals surface area contributed by atoms with E-state index in [4.69, 9.17) is 0 Å². The van der Waals surface area contributed by atoms with Gasteiger partial charge in [-0.05, 0) is 37.8 Å². The first-order valence-electron chi connectivity index (χ1n) is 7.85. The Labute approximate surface area is 128 Å². The van der Waals surface area contributed by atoms with Crippen LogP contribution in [-0.2, 0) is 4.79 Å². The fraction of sp³-hybridized carbons (Fsp3) is 0.500. The Morgan fingerprint density at radius 3 is 2.68 bits per heavy atom. The van der Waals surface area contributed by atoms with Gasteiger partial charge >= 0.3 is 0 Å². The van der Waals surface area contributed by atoms with Gasteiger partial charge in [-0.2, -0.15) is 4.68 Å². The predicted molar refractivity (Wildman–Crippen MR) is 83.6 cm³/mol. The van der Waals surface area contributed by atoms with Crippen LogP contribution in [0.1, 0.15) is 38.6 Å². The Morgan fingerprint density at radius 1 is 1.23 bits per heavy atom. The second-order valence-electron chi connectivity index (χ2n) is 5.67. The third-order valence-electron chi connectivity index (χ3n) is 4.23. The number of hydrogen-bond acceptors (Lipinski definition) is 4. The van der Waals surface area contributed by atoms with Crippen molar-refractivity contribution in [1.29, 1.82) is 0 Å². The minimum atomic E-state index is -0.567. The lowest BCUT2D eigenvalue weighted by Gasteiger charge is -2.30. The zero-order chi connectivity index (χ0) is 15.5. The predicted octanol–water partition coefficient (Wildman–Crippen LogP) is 1.76. The van der Waals surface area contributed by atoms with Crippen LogP contribution in [0.25, 0.3) is 10.9 Å². The highest BCUT2D eigenvalue weighted by Gasteiger charge is 2.27. The molecule has 0 aliphatic carbocycles. The number of carbonyl (C=O) groups excluding carboxylic acids is 1. The maximum absolute atomic E-state index is 12.7. The van der Waals surface area contributed by atoms with E-state index in [-0.39, 0.29) is 11.5 Å². The number of carbonyl (C=O) groups is 1. The van der Waals surface area contributed by atoms with E-state index in [2.05, 4.69) is 10.3 Å². The van der Waals surface area contributed by atoms with E-state index >= 15 is 0 Å². The Bertz CT molecular complexity index is 734. The number of nitrogens with zero attached hydrogens (tertiary/aromatic N) is 4. The molecular weight excluding hydrogens is 280 g/mol. The summed E-state index contributed by atoms with van der Waals surface area (Å²) in [6.07, 6.45) is 3.75. The average molecular weight is 300 g/mol. The SMILES string of the molecule is CCC(C(=O)N1CCCCC1)n1nnc2ccccc2c1=O. The molecule has 0 radical (unpaired) electrons. The molecule has 1 aliphatic rings. The summed E-state index contributed by atoms with van der Waals surface area (Å²) in [5, 5.41) is 8.58. The first-order valence-corrected chi connectivity index (χ1v) is 7.85. The second-order valence-corrected chi connectivity index (χ2v) is 5.67. The van der Waals surface area contributed by atoms with E-state index in [0.29, 0.717) is 17.3 Å². The topological polar surface area (TPSA) is 68.1 Å². The number of fused-ring (bicyclic) bond motifs is 1. The minimum Gasteiger partial charge on any atom is -0.341 e. The summed E-state index contributed by atoms with van der Waals surface area (Å²) >= 11 is 0. The largest absolute Gasteiger partial charge is 0.341 e. The van der Waals surface area contributed by atoms with Crippen LogP contribution in [0.3, 0.4) is 0 Å². The molecule has 6 nitrogen and oxygen atoms in total. The lowest BCUT2D eigenvalue weighted by Crippen LogP contribution is -2.43. The Morgan fingerprint density at radius 2 is 1.95 bits per heavy atom. The van der Waals surface area contributed by atoms with Crippen molar-refractivity contribution in [1.82, 2.24) is 19.9 Å². The molecule has 1 atom stereocenters. The molecule has 0 saturated carbocycles. The van der Waals surface area contributed by atoms with Crippen molar-refractivity contribution in [3.63, 3.8) is 0 Å². The molecular formula is C16H20N4O2. The van der Waals surface area contributed by atoms with Crippen molar-refractivity contribution >= 4 is 16.8 Å². The minimum absolute atomic E-state index is 0.0196. The van der Waals surface area contributed by atoms with E-state index in [1.807, 2.05) is 17.9 Å². The number of aromatic nitrogens is 3. The molecule has 0 bridgehead atoms. The van der Waals surface area contributed by atoms with Gasteiger partial charge < -0.3 is 4.90 Å². The van der Waals surface area contributed by atoms with Crippen LogP contribution >= 0.6 is 0 Å². The van der Waals surface area contributed by atoms with E-state index in [1.54, 1.807) is 18.2 Å². The number of hydrogen-bond donors (Lipinski definition) is 0. The molecule has 22 heavy (non-hydrogen) atoms. The number of piperidine rings is 1. The highest BCUT2D eigenvalue weighted by atomic mass is 16.2. The molecule has 1 saturated heterocycles. The van der Waals surface area contributed by atoms with Crippen LogP contribution in [0.15, 0.2) is 29.1 Å². The number of likely N-dealkylation sites (tertiary alicyclic amines) is 1. The van der Waals surface area contributed by atoms with Crippen molar-refractivity contribution in [2.24, 2.45) is 0 Å². The van der Waals surface area contributed by atoms with E-state index in [9.17, 15) is 9.59 Å². The molecule has 1 fully saturated rings. The van der Waals surface area contributed by atoms with Gasteiger partial charge in [-0.1, -0.05) is 24.3 Å². The summed E-state index contributed by atoms with van der Waals surface area (Å²) in [5.41, 5.74) is 0.312. The smallest absolute Gasteiger partial charge is 0.278 e. The molecule has 0 spiro atoms. The zero-order valence-corrected chi connectivity index (χ0v) is 12.7. The normalized spacial score (nSPS) is 16.7. The van der Waals surface area contributed by atoms with Gasteiger partial charge in [-0.15, -0.1) is 5.10 Å². The molecule has 116 valence electrons. The summed E-state index contributed by atoms with van der Waals surface area (Å²) in [4.78, 5) is 27.2. The average Bonchev–Trinajstić information content (AvgIpc) is 2.58. The van der Waals surface area contributed by atoms with Crippen LogP contribution < -0.4 is 5.56 Å². The lowest BCUT2D eigenvalue weighted by atomic mass is 10.1. The Hall–Kier alpha value is -2.24. The van der Waals surface area contributed by atoms with E-state index in [1.165, 1.54) is 4.68 Å². The first-order chi connectivity index (χ1) is 10.7. The number of benzene rings is 1. The van der Waals surface area contributed by atoms with Crippen molar-refractivity contribution in [3.05, 3.63) is 34.6 Å². The summed E-state index contributed by atoms with van der Waals surface area (Å²) in [6, 6.07) is 6.52. The molecule has 1 aromatic carbocycles. The van der Waals surface area contributed by atoms with Gasteiger partial charge in [0.2, 0.25) is 5.91 Å². The molecule has 1 amide bonds. The third kappa shape index (κ3) is 2.61. The van der Waals surface area contributed by atoms with Crippen molar-refractivity contribution < 1.29 is 4.79 Å². The molecule has 6 heteroatoms. The van der Waals surface area contributed by atoms with Gasteiger partial charge in [0, 0.05) is 13.1 Å². The second kappa shape index (κ2) is 6.25. The van der Waals surface area contributed by atoms with Crippen molar-refractivity contribution in [2.75, 3.05) is 13.1 Å². The van der Waals surface area contributed by atoms with E-state index < -0.39 is 6.04 Å². The fourth-order valence-corrected chi connectivity index (χ4v) is 2.98. The summed E-state index contributed by atoms with van der Waals surface area (Å²) in [7, 11) is 0. The maximum Gasteiger partial charge on any atom is 0.278 e. The van der Waals surface area contributed by atoms with Crippen LogP contribution in [-0.4, -0.2) is 38.9 Å². The number of rotatable bonds is 3. The molecule has 2 heterocycles. The van der Waals surface area contributed by atoms with E-state index in [0.717, 1.165) is 32.4 Å². The highest BCUT2D eigenvalue weighted by molar-refractivity contribution is 5.81. The van der Waals surface area contributed by atoms with Crippen LogP contribution in [0.4, 0.5) is 0 Å². The van der Waals surface area contributed by atoms with Gasteiger partial charge in [0.1, 0.15) is 11.6 Å². The standard InChI is InChI=1S/C16H20N4O2/c1-2-14(16(22)19-10-6-3-7-11-19)20-15(21)12-8-4-5-9-13(12)17-18-20/h4-5,8-9,14H,2-3,6-7,10-11H2,1H3. The van der Waals surface area contributed by atoms with Crippen molar-refractivity contribution in [2.45, 2.75) is 38.6 Å². The summed E-state index contributed by atoms with van der Waals surface area (Å²) < 4.78 is 1.25. The zero-order valence-electron chi connectivity index (χ0n) is 12.7. The fourth-order valence-electron chi connectivity index (χ4n) is 2.98. The van der Waals surface area contributed by atoms with Crippen LogP contribution in [0, 0.1) is 0 Å². The number of amides is 1. The molecule has 1 aromatic heterocycles. The molecule has 2 aromatic rings. The third-order valence-corrected chi connectivity index (χ3v) is 4.23. The monoisotopic (exact) mass is 300 g/mol. The molecule has 1 unspecified atom stereocenters. The summed E-state index contributed by atoms with van der Waals surface area (Å²) in [6.45, 7) is 3.44. The van der Waals surface area contributed by atoms with Crippen LogP contribution in [0.5, 0.6) is 0 Å². The Balaban J connectivity index is 1.98. The highest BCUT2D eigenvalue weighted by Crippen LogP contribution is 2.17. The van der Waals surface area contributed by atoms with Gasteiger partial charge in [-0.3, -0.25) is 9.59 Å². The molecule has 3 rings (SSSR count). The van der Waals surface area contributed by atoms with Crippen molar-refractivity contribution in [3.8, 4) is 0 Å². The first kappa shape index (κ1) is 14.7. The van der Waals surface area contributed by atoms with Gasteiger partial charge in [0.05, 0.1) is 5.39 Å². The molecule has 1 aliphatic heterocycles. The van der Waals surface area contributed by atoms with Crippen LogP contribution in [0.2, 0.25) is 0 Å². The lowest BCUT2D eigenvalue weighted by molar-refractivity contribution is -0.136. The Kier molecular flexibility index (Phi) is 4.18. The van der Waals surface area contributed by atoms with Gasteiger partial charge in [0.15, 0.2) is 0 Å².